The number of nitrogens with zero attached hydrogens (tertiary/aromatic N) is 3. The number of rotatable bonds is 6. The van der Waals surface area contributed by atoms with Crippen molar-refractivity contribution >= 4 is 33.3 Å². The van der Waals surface area contributed by atoms with Crippen molar-refractivity contribution in [1.82, 2.24) is 14.5 Å². The van der Waals surface area contributed by atoms with Crippen molar-refractivity contribution in [1.29, 1.82) is 0 Å². The molecule has 6 heteroatoms. The number of hydrogen-bond acceptors (Lipinski definition) is 5. The summed E-state index contributed by atoms with van der Waals surface area (Å²) in [7, 11) is 0. The Bertz CT molecular complexity index is 1130. The zero-order valence-electron chi connectivity index (χ0n) is 17.9. The normalized spacial score (nSPS) is 17.7. The minimum atomic E-state index is 0.192. The van der Waals surface area contributed by atoms with Gasteiger partial charge in [0.2, 0.25) is 0 Å². The van der Waals surface area contributed by atoms with Crippen molar-refractivity contribution in [2.45, 2.75) is 62.8 Å². The first kappa shape index (κ1) is 21.0. The average molecular weight is 452 g/mol. The van der Waals surface area contributed by atoms with Gasteiger partial charge in [0.25, 0.3) is 5.56 Å². The van der Waals surface area contributed by atoms with E-state index in [-0.39, 0.29) is 5.56 Å². The molecule has 4 nitrogen and oxygen atoms in total. The van der Waals surface area contributed by atoms with Crippen LogP contribution in [0.3, 0.4) is 0 Å². The van der Waals surface area contributed by atoms with Gasteiger partial charge in [0.15, 0.2) is 5.16 Å². The topological polar surface area (TPSA) is 38.1 Å². The lowest BCUT2D eigenvalue weighted by atomic mass is 9.95. The molecule has 162 valence electrons. The molecule has 3 aromatic rings. The molecule has 1 aliphatic carbocycles. The summed E-state index contributed by atoms with van der Waals surface area (Å²) < 4.78 is 2.04. The summed E-state index contributed by atoms with van der Waals surface area (Å²) in [5, 5.41) is 1.77. The van der Waals surface area contributed by atoms with Crippen LogP contribution in [0.5, 0.6) is 0 Å². The fourth-order valence-electron chi connectivity index (χ4n) is 4.96. The van der Waals surface area contributed by atoms with Crippen LogP contribution in [0.1, 0.15) is 54.1 Å². The van der Waals surface area contributed by atoms with Crippen molar-refractivity contribution in [2.24, 2.45) is 0 Å². The van der Waals surface area contributed by atoms with Crippen LogP contribution in [0.4, 0.5) is 0 Å². The molecule has 1 saturated carbocycles. The summed E-state index contributed by atoms with van der Waals surface area (Å²) >= 11 is 3.37. The van der Waals surface area contributed by atoms with Crippen LogP contribution >= 0.6 is 23.1 Å². The molecule has 1 aliphatic heterocycles. The van der Waals surface area contributed by atoms with E-state index in [1.54, 1.807) is 23.1 Å². The molecule has 1 fully saturated rings. The van der Waals surface area contributed by atoms with Gasteiger partial charge in [-0.3, -0.25) is 14.3 Å². The standard InChI is InChI=1S/C25H29N3OS2/c1-2-15-30-25-26-23-22(24(29)28(25)19-11-7-4-8-12-19)20-13-14-27(17-21(20)31-23)16-18-9-5-3-6-10-18/h2-3,5-6,9-10,19H,1,4,7-8,11-17H2. The van der Waals surface area contributed by atoms with Gasteiger partial charge >= 0.3 is 0 Å². The second-order valence-corrected chi connectivity index (χ2v) is 10.7. The monoisotopic (exact) mass is 451 g/mol. The van der Waals surface area contributed by atoms with E-state index in [4.69, 9.17) is 4.98 Å². The quantitative estimate of drug-likeness (QED) is 0.270. The number of thioether (sulfide) groups is 1. The Morgan fingerprint density at radius 3 is 2.77 bits per heavy atom. The Labute approximate surface area is 192 Å². The van der Waals surface area contributed by atoms with Gasteiger partial charge in [0.05, 0.1) is 5.39 Å². The molecule has 0 spiro atoms. The molecule has 0 N–H and O–H groups in total. The lowest BCUT2D eigenvalue weighted by Gasteiger charge is -2.27. The van der Waals surface area contributed by atoms with Gasteiger partial charge in [-0.15, -0.1) is 17.9 Å². The zero-order chi connectivity index (χ0) is 21.2. The molecule has 0 unspecified atom stereocenters. The zero-order valence-corrected chi connectivity index (χ0v) is 19.5. The second kappa shape index (κ2) is 9.31. The van der Waals surface area contributed by atoms with Crippen molar-refractivity contribution in [2.75, 3.05) is 12.3 Å². The third-order valence-corrected chi connectivity index (χ3v) is 8.53. The van der Waals surface area contributed by atoms with Crippen LogP contribution in [-0.4, -0.2) is 26.7 Å². The van der Waals surface area contributed by atoms with Crippen molar-refractivity contribution in [3.8, 4) is 0 Å². The molecular formula is C25H29N3OS2. The summed E-state index contributed by atoms with van der Waals surface area (Å²) in [6.45, 7) is 6.71. The van der Waals surface area contributed by atoms with Crippen molar-refractivity contribution in [3.63, 3.8) is 0 Å². The molecule has 0 radical (unpaired) electrons. The maximum absolute atomic E-state index is 13.8. The van der Waals surface area contributed by atoms with Gasteiger partial charge < -0.3 is 0 Å². The first-order valence-electron chi connectivity index (χ1n) is 11.3. The van der Waals surface area contributed by atoms with Gasteiger partial charge in [0, 0.05) is 36.3 Å². The molecule has 0 saturated heterocycles. The molecule has 1 aromatic carbocycles. The Kier molecular flexibility index (Phi) is 6.30. The van der Waals surface area contributed by atoms with Gasteiger partial charge in [-0.05, 0) is 30.4 Å². The first-order chi connectivity index (χ1) is 15.2. The van der Waals surface area contributed by atoms with E-state index in [1.807, 2.05) is 10.6 Å². The van der Waals surface area contributed by atoms with E-state index in [9.17, 15) is 4.79 Å². The number of aromatic nitrogens is 2. The van der Waals surface area contributed by atoms with Crippen LogP contribution in [0.25, 0.3) is 10.2 Å². The van der Waals surface area contributed by atoms with Crippen LogP contribution in [-0.2, 0) is 19.5 Å². The number of thiophene rings is 1. The van der Waals surface area contributed by atoms with Crippen LogP contribution < -0.4 is 5.56 Å². The number of hydrogen-bond donors (Lipinski definition) is 0. The highest BCUT2D eigenvalue weighted by Gasteiger charge is 2.27. The van der Waals surface area contributed by atoms with Gasteiger partial charge in [-0.2, -0.15) is 0 Å². The molecule has 5 rings (SSSR count). The Morgan fingerprint density at radius 2 is 2.00 bits per heavy atom. The largest absolute Gasteiger partial charge is 0.294 e. The van der Waals surface area contributed by atoms with Crippen LogP contribution in [0.2, 0.25) is 0 Å². The SMILES string of the molecule is C=CCSc1nc2sc3c(c2c(=O)n1C1CCCCC1)CCN(Cc1ccccc1)C3. The van der Waals surface area contributed by atoms with Gasteiger partial charge in [0.1, 0.15) is 4.83 Å². The summed E-state index contributed by atoms with van der Waals surface area (Å²) in [5.74, 6) is 0.778. The minimum absolute atomic E-state index is 0.192. The fourth-order valence-corrected chi connectivity index (χ4v) is 7.07. The van der Waals surface area contributed by atoms with Gasteiger partial charge in [-0.25, -0.2) is 4.98 Å². The first-order valence-corrected chi connectivity index (χ1v) is 13.1. The summed E-state index contributed by atoms with van der Waals surface area (Å²) in [5.41, 5.74) is 2.79. The van der Waals surface area contributed by atoms with E-state index >= 15 is 0 Å². The Balaban J connectivity index is 1.52. The lowest BCUT2D eigenvalue weighted by Crippen LogP contribution is -2.31. The van der Waals surface area contributed by atoms with E-state index in [0.717, 1.165) is 60.0 Å². The Morgan fingerprint density at radius 1 is 1.19 bits per heavy atom. The predicted octanol–water partition coefficient (Wildman–Crippen LogP) is 5.80. The highest BCUT2D eigenvalue weighted by atomic mass is 32.2. The van der Waals surface area contributed by atoms with E-state index < -0.39 is 0 Å². The molecule has 0 atom stereocenters. The summed E-state index contributed by atoms with van der Waals surface area (Å²) in [6.07, 6.45) is 8.70. The second-order valence-electron chi connectivity index (χ2n) is 8.59. The predicted molar refractivity (Wildman–Crippen MR) is 131 cm³/mol. The van der Waals surface area contributed by atoms with E-state index in [0.29, 0.717) is 6.04 Å². The molecular weight excluding hydrogens is 422 g/mol. The molecule has 3 heterocycles. The van der Waals surface area contributed by atoms with Crippen LogP contribution in [0, 0.1) is 0 Å². The third kappa shape index (κ3) is 4.26. The van der Waals surface area contributed by atoms with Gasteiger partial charge in [-0.1, -0.05) is 67.4 Å². The highest BCUT2D eigenvalue weighted by Crippen LogP contribution is 2.36. The number of benzene rings is 1. The summed E-state index contributed by atoms with van der Waals surface area (Å²) in [6, 6.07) is 10.9. The van der Waals surface area contributed by atoms with Crippen molar-refractivity contribution in [3.05, 3.63) is 69.3 Å². The molecule has 31 heavy (non-hydrogen) atoms. The highest BCUT2D eigenvalue weighted by molar-refractivity contribution is 7.99. The molecule has 2 aromatic heterocycles. The minimum Gasteiger partial charge on any atom is -0.294 e. The van der Waals surface area contributed by atoms with E-state index in [2.05, 4.69) is 41.8 Å². The lowest BCUT2D eigenvalue weighted by molar-refractivity contribution is 0.249. The maximum atomic E-state index is 13.8. The molecule has 0 amide bonds. The average Bonchev–Trinajstić information content (AvgIpc) is 3.17. The van der Waals surface area contributed by atoms with Crippen LogP contribution in [0.15, 0.2) is 52.9 Å². The fraction of sp³-hybridized carbons (Fsp3) is 0.440. The molecule has 2 aliphatic rings. The third-order valence-electron chi connectivity index (χ3n) is 6.47. The van der Waals surface area contributed by atoms with Crippen molar-refractivity contribution < 1.29 is 0 Å². The molecule has 0 bridgehead atoms. The Hall–Kier alpha value is -1.89. The summed E-state index contributed by atoms with van der Waals surface area (Å²) in [4.78, 5) is 23.6. The smallest absolute Gasteiger partial charge is 0.263 e. The maximum Gasteiger partial charge on any atom is 0.263 e. The number of fused-ring (bicyclic) bond motifs is 3. The van der Waals surface area contributed by atoms with E-state index in [1.165, 1.54) is 35.3 Å².